The van der Waals surface area contributed by atoms with Gasteiger partial charge >= 0.3 is 0 Å². The molecular formula is C50H36N2S2. The van der Waals surface area contributed by atoms with E-state index in [9.17, 15) is 0 Å². The first-order valence-corrected chi connectivity index (χ1v) is 19.8. The minimum absolute atomic E-state index is 0.650. The van der Waals surface area contributed by atoms with Crippen molar-refractivity contribution in [1.29, 1.82) is 0 Å². The molecule has 0 saturated heterocycles. The Bertz CT molecular complexity index is 2550. The van der Waals surface area contributed by atoms with Gasteiger partial charge in [-0.15, -0.1) is 22.7 Å². The van der Waals surface area contributed by atoms with Gasteiger partial charge < -0.3 is 11.5 Å². The molecule has 0 bridgehead atoms. The lowest BCUT2D eigenvalue weighted by molar-refractivity contribution is 1.53. The molecular weight excluding hydrogens is 693 g/mol. The van der Waals surface area contributed by atoms with Gasteiger partial charge in [0.1, 0.15) is 0 Å². The summed E-state index contributed by atoms with van der Waals surface area (Å²) in [6.07, 6.45) is 0. The van der Waals surface area contributed by atoms with Crippen LogP contribution in [0.2, 0.25) is 0 Å². The number of hydrogen-bond acceptors (Lipinski definition) is 4. The number of nitrogens with two attached hydrogens (primary N) is 2. The van der Waals surface area contributed by atoms with Gasteiger partial charge in [-0.2, -0.15) is 0 Å². The van der Waals surface area contributed by atoms with E-state index in [1.54, 1.807) is 22.7 Å². The van der Waals surface area contributed by atoms with Crippen molar-refractivity contribution in [3.05, 3.63) is 193 Å². The fourth-order valence-electron chi connectivity index (χ4n) is 7.75. The summed E-state index contributed by atoms with van der Waals surface area (Å²) in [4.78, 5) is 2.44. The SMILES string of the molecule is Nc1cccc(N)c1-c1ccccc1-c1c(-c2cccc(-c3ccccc3)c2-c2cccs2)cccc1-c1cccc(-c2ccccc2)c1-c1cccs1. The van der Waals surface area contributed by atoms with Crippen LogP contribution in [0.3, 0.4) is 0 Å². The molecule has 0 aliphatic heterocycles. The van der Waals surface area contributed by atoms with Crippen molar-refractivity contribution in [2.45, 2.75) is 0 Å². The zero-order chi connectivity index (χ0) is 36.4. The maximum atomic E-state index is 6.77. The molecule has 0 radical (unpaired) electrons. The Morgan fingerprint density at radius 2 is 0.611 bits per heavy atom. The summed E-state index contributed by atoms with van der Waals surface area (Å²) in [5, 5.41) is 4.33. The van der Waals surface area contributed by atoms with Crippen LogP contribution in [0.15, 0.2) is 193 Å². The fraction of sp³-hybridized carbons (Fsp3) is 0. The molecule has 54 heavy (non-hydrogen) atoms. The van der Waals surface area contributed by atoms with E-state index in [1.165, 1.54) is 43.1 Å². The summed E-state index contributed by atoms with van der Waals surface area (Å²) in [6.45, 7) is 0. The lowest BCUT2D eigenvalue weighted by Crippen LogP contribution is -2.00. The second-order valence-electron chi connectivity index (χ2n) is 13.2. The van der Waals surface area contributed by atoms with Gasteiger partial charge in [0.25, 0.3) is 0 Å². The quantitative estimate of drug-likeness (QED) is 0.153. The molecule has 258 valence electrons. The van der Waals surface area contributed by atoms with Crippen LogP contribution in [0.5, 0.6) is 0 Å². The summed E-state index contributed by atoms with van der Waals surface area (Å²) in [6, 6.07) is 64.7. The van der Waals surface area contributed by atoms with E-state index in [0.717, 1.165) is 44.5 Å². The zero-order valence-electron chi connectivity index (χ0n) is 29.4. The first kappa shape index (κ1) is 33.4. The largest absolute Gasteiger partial charge is 0.398 e. The monoisotopic (exact) mass is 728 g/mol. The zero-order valence-corrected chi connectivity index (χ0v) is 31.1. The third-order valence-corrected chi connectivity index (χ3v) is 11.8. The lowest BCUT2D eigenvalue weighted by Gasteiger charge is -2.24. The van der Waals surface area contributed by atoms with Gasteiger partial charge in [0.2, 0.25) is 0 Å². The fourth-order valence-corrected chi connectivity index (χ4v) is 9.35. The van der Waals surface area contributed by atoms with E-state index in [-0.39, 0.29) is 0 Å². The van der Waals surface area contributed by atoms with Crippen LogP contribution in [0.4, 0.5) is 11.4 Å². The van der Waals surface area contributed by atoms with Crippen molar-refractivity contribution in [2.75, 3.05) is 11.5 Å². The van der Waals surface area contributed by atoms with E-state index in [1.807, 2.05) is 18.2 Å². The van der Waals surface area contributed by atoms with Crippen LogP contribution in [-0.4, -0.2) is 0 Å². The number of thiophene rings is 2. The number of nitrogen functional groups attached to an aromatic ring is 2. The maximum absolute atomic E-state index is 6.77. The van der Waals surface area contributed by atoms with Gasteiger partial charge in [-0.1, -0.05) is 158 Å². The molecule has 0 fully saturated rings. The summed E-state index contributed by atoms with van der Waals surface area (Å²) in [5.41, 5.74) is 30.7. The van der Waals surface area contributed by atoms with Crippen LogP contribution < -0.4 is 11.5 Å². The molecule has 0 atom stereocenters. The van der Waals surface area contributed by atoms with Gasteiger partial charge in [0, 0.05) is 37.8 Å². The molecule has 2 nitrogen and oxygen atoms in total. The van der Waals surface area contributed by atoms with Crippen LogP contribution in [-0.2, 0) is 0 Å². The Morgan fingerprint density at radius 3 is 1.04 bits per heavy atom. The molecule has 9 aromatic rings. The molecule has 0 aliphatic carbocycles. The van der Waals surface area contributed by atoms with Crippen molar-refractivity contribution in [3.8, 4) is 87.6 Å². The Kier molecular flexibility index (Phi) is 8.97. The molecule has 4 heteroatoms. The Hall–Kier alpha value is -6.46. The summed E-state index contributed by atoms with van der Waals surface area (Å²) < 4.78 is 0. The van der Waals surface area contributed by atoms with Crippen molar-refractivity contribution >= 4 is 34.0 Å². The van der Waals surface area contributed by atoms with Crippen molar-refractivity contribution in [3.63, 3.8) is 0 Å². The Balaban J connectivity index is 1.42. The summed E-state index contributed by atoms with van der Waals surface area (Å²) >= 11 is 3.54. The topological polar surface area (TPSA) is 52.0 Å². The second-order valence-corrected chi connectivity index (χ2v) is 15.1. The number of anilines is 2. The molecule has 4 N–H and O–H groups in total. The Morgan fingerprint density at radius 1 is 0.259 bits per heavy atom. The smallest absolute Gasteiger partial charge is 0.0414 e. The third-order valence-electron chi connectivity index (χ3n) is 10.1. The van der Waals surface area contributed by atoms with E-state index in [4.69, 9.17) is 11.5 Å². The highest BCUT2D eigenvalue weighted by Gasteiger charge is 2.25. The molecule has 2 aromatic heterocycles. The van der Waals surface area contributed by atoms with Gasteiger partial charge in [-0.05, 0) is 96.2 Å². The van der Waals surface area contributed by atoms with Gasteiger partial charge in [0.15, 0.2) is 0 Å². The second kappa shape index (κ2) is 14.5. The van der Waals surface area contributed by atoms with Crippen molar-refractivity contribution < 1.29 is 0 Å². The van der Waals surface area contributed by atoms with Gasteiger partial charge in [0.05, 0.1) is 0 Å². The summed E-state index contributed by atoms with van der Waals surface area (Å²) in [7, 11) is 0. The van der Waals surface area contributed by atoms with Crippen LogP contribution >= 0.6 is 22.7 Å². The summed E-state index contributed by atoms with van der Waals surface area (Å²) in [5.74, 6) is 0. The predicted octanol–water partition coefficient (Wildman–Crippen LogP) is 14.3. The predicted molar refractivity (Wildman–Crippen MR) is 235 cm³/mol. The highest BCUT2D eigenvalue weighted by Crippen LogP contribution is 2.52. The molecule has 0 spiro atoms. The van der Waals surface area contributed by atoms with Crippen molar-refractivity contribution in [2.24, 2.45) is 0 Å². The molecule has 7 aromatic carbocycles. The third kappa shape index (κ3) is 6.02. The molecule has 0 amide bonds. The van der Waals surface area contributed by atoms with E-state index >= 15 is 0 Å². The standard InChI is InChI=1S/C50H36N2S2/c51-43-27-12-28-44(52)50(43)42-20-8-7-19-37(42)47-38(40-25-9-21-35(33-15-3-1-4-16-33)48(40)45-29-13-31-53-45)23-11-24-39(47)41-26-10-22-36(34-17-5-2-6-18-34)49(41)46-30-14-32-54-46/h1-32H,51-52H2. The first-order chi connectivity index (χ1) is 26.7. The number of rotatable bonds is 8. The molecule has 9 rings (SSSR count). The van der Waals surface area contributed by atoms with Crippen LogP contribution in [0.1, 0.15) is 0 Å². The number of hydrogen-bond donors (Lipinski definition) is 2. The van der Waals surface area contributed by atoms with E-state index < -0.39 is 0 Å². The average molecular weight is 729 g/mol. The normalized spacial score (nSPS) is 11.1. The van der Waals surface area contributed by atoms with E-state index in [2.05, 4.69) is 175 Å². The van der Waals surface area contributed by atoms with E-state index in [0.29, 0.717) is 11.4 Å². The van der Waals surface area contributed by atoms with Crippen LogP contribution in [0, 0.1) is 0 Å². The molecule has 0 aliphatic rings. The lowest BCUT2D eigenvalue weighted by atomic mass is 9.80. The van der Waals surface area contributed by atoms with Gasteiger partial charge in [-0.3, -0.25) is 0 Å². The molecule has 2 heterocycles. The van der Waals surface area contributed by atoms with Crippen LogP contribution in [0.25, 0.3) is 87.6 Å². The average Bonchev–Trinajstić information content (AvgIpc) is 3.97. The first-order valence-electron chi connectivity index (χ1n) is 18.0. The highest BCUT2D eigenvalue weighted by atomic mass is 32.1. The maximum Gasteiger partial charge on any atom is 0.0414 e. The molecule has 0 unspecified atom stereocenters. The molecule has 0 saturated carbocycles. The van der Waals surface area contributed by atoms with Crippen molar-refractivity contribution in [1.82, 2.24) is 0 Å². The highest BCUT2D eigenvalue weighted by molar-refractivity contribution is 7.14. The minimum Gasteiger partial charge on any atom is -0.398 e. The number of benzene rings is 7. The Labute approximate surface area is 324 Å². The minimum atomic E-state index is 0.650. The van der Waals surface area contributed by atoms with Gasteiger partial charge in [-0.25, -0.2) is 0 Å².